The van der Waals surface area contributed by atoms with Gasteiger partial charge in [-0.2, -0.15) is 5.26 Å². The van der Waals surface area contributed by atoms with Crippen LogP contribution in [0.25, 0.3) is 10.1 Å². The van der Waals surface area contributed by atoms with Gasteiger partial charge < -0.3 is 4.90 Å². The molecule has 2 aromatic rings. The van der Waals surface area contributed by atoms with Gasteiger partial charge in [0.15, 0.2) is 5.92 Å². The Balaban J connectivity index is 1.95. The van der Waals surface area contributed by atoms with Crippen molar-refractivity contribution in [3.63, 3.8) is 0 Å². The van der Waals surface area contributed by atoms with E-state index in [9.17, 15) is 14.9 Å². The van der Waals surface area contributed by atoms with Crippen LogP contribution in [-0.2, 0) is 4.79 Å². The second-order valence-electron chi connectivity index (χ2n) is 5.20. The van der Waals surface area contributed by atoms with E-state index in [0.29, 0.717) is 23.0 Å². The predicted octanol–water partition coefficient (Wildman–Crippen LogP) is 3.50. The number of carbonyl (C=O) groups excluding carboxylic acids is 2. The first-order valence-corrected chi connectivity index (χ1v) is 8.22. The summed E-state index contributed by atoms with van der Waals surface area (Å²) in [5.74, 6) is -2.20. The minimum Gasteiger partial charge on any atom is -0.341 e. The van der Waals surface area contributed by atoms with Crippen molar-refractivity contribution in [3.05, 3.63) is 34.2 Å². The normalized spacial score (nSPS) is 15.7. The van der Waals surface area contributed by atoms with Crippen LogP contribution in [0.15, 0.2) is 24.3 Å². The third kappa shape index (κ3) is 2.49. The molecule has 1 atom stereocenters. The van der Waals surface area contributed by atoms with Gasteiger partial charge in [-0.05, 0) is 18.9 Å². The van der Waals surface area contributed by atoms with Crippen LogP contribution < -0.4 is 0 Å². The molecule has 0 bridgehead atoms. The highest BCUT2D eigenvalue weighted by Crippen LogP contribution is 2.36. The molecule has 22 heavy (non-hydrogen) atoms. The van der Waals surface area contributed by atoms with Crippen molar-refractivity contribution < 1.29 is 9.59 Å². The van der Waals surface area contributed by atoms with Gasteiger partial charge in [-0.15, -0.1) is 11.3 Å². The van der Waals surface area contributed by atoms with Crippen LogP contribution in [0.1, 0.15) is 22.5 Å². The number of ketones is 1. The molecule has 112 valence electrons. The van der Waals surface area contributed by atoms with Crippen molar-refractivity contribution in [2.45, 2.75) is 12.8 Å². The number of halogens is 1. The number of carbonyl (C=O) groups is 2. The lowest BCUT2D eigenvalue weighted by Crippen LogP contribution is -2.36. The monoisotopic (exact) mass is 332 g/mol. The summed E-state index contributed by atoms with van der Waals surface area (Å²) in [5, 5.41) is 10.4. The molecule has 1 aliphatic heterocycles. The Labute approximate surface area is 136 Å². The lowest BCUT2D eigenvalue weighted by molar-refractivity contribution is -0.131. The molecule has 1 aromatic carbocycles. The molecular weight excluding hydrogens is 320 g/mol. The molecule has 0 unspecified atom stereocenters. The first kappa shape index (κ1) is 15.0. The summed E-state index contributed by atoms with van der Waals surface area (Å²) in [7, 11) is 0. The molecule has 3 rings (SSSR count). The van der Waals surface area contributed by atoms with Gasteiger partial charge in [-0.3, -0.25) is 9.59 Å². The van der Waals surface area contributed by atoms with Crippen molar-refractivity contribution in [2.24, 2.45) is 5.92 Å². The standard InChI is InChI=1S/C16H13ClN2O2S/c17-13-10-5-1-2-6-12(10)22-15(13)14(20)11(9-18)16(21)19-7-3-4-8-19/h1-2,5-6,11H,3-4,7-8H2/t11-/m1/s1. The molecule has 0 saturated carbocycles. The first-order valence-electron chi connectivity index (χ1n) is 7.03. The van der Waals surface area contributed by atoms with Crippen LogP contribution >= 0.6 is 22.9 Å². The van der Waals surface area contributed by atoms with Crippen LogP contribution in [0.4, 0.5) is 0 Å². The summed E-state index contributed by atoms with van der Waals surface area (Å²) >= 11 is 7.50. The van der Waals surface area contributed by atoms with E-state index >= 15 is 0 Å². The SMILES string of the molecule is N#C[C@H](C(=O)c1sc2ccccc2c1Cl)C(=O)N1CCCC1. The summed E-state index contributed by atoms with van der Waals surface area (Å²) in [6.07, 6.45) is 1.84. The van der Waals surface area contributed by atoms with Gasteiger partial charge in [-0.25, -0.2) is 0 Å². The fourth-order valence-corrected chi connectivity index (χ4v) is 4.14. The average Bonchev–Trinajstić information content (AvgIpc) is 3.16. The molecule has 0 radical (unpaired) electrons. The van der Waals surface area contributed by atoms with E-state index in [-0.39, 0.29) is 0 Å². The zero-order chi connectivity index (χ0) is 15.7. The Bertz CT molecular complexity index is 787. The van der Waals surface area contributed by atoms with Crippen LogP contribution in [-0.4, -0.2) is 29.7 Å². The van der Waals surface area contributed by atoms with E-state index in [1.165, 1.54) is 11.3 Å². The molecule has 0 N–H and O–H groups in total. The Morgan fingerprint density at radius 2 is 1.95 bits per heavy atom. The summed E-state index contributed by atoms with van der Waals surface area (Å²) in [6.45, 7) is 1.23. The number of hydrogen-bond donors (Lipinski definition) is 0. The molecule has 1 amide bonds. The van der Waals surface area contributed by atoms with E-state index in [2.05, 4.69) is 0 Å². The van der Waals surface area contributed by atoms with Crippen LogP contribution in [0.3, 0.4) is 0 Å². The van der Waals surface area contributed by atoms with E-state index in [0.717, 1.165) is 22.9 Å². The number of fused-ring (bicyclic) bond motifs is 1. The lowest BCUT2D eigenvalue weighted by Gasteiger charge is -2.17. The van der Waals surface area contributed by atoms with Crippen LogP contribution in [0.5, 0.6) is 0 Å². The molecular formula is C16H13ClN2O2S. The Hall–Kier alpha value is -1.90. The Morgan fingerprint density at radius 3 is 2.59 bits per heavy atom. The van der Waals surface area contributed by atoms with Gasteiger partial charge in [-0.1, -0.05) is 29.8 Å². The average molecular weight is 333 g/mol. The number of nitrogens with zero attached hydrogens (tertiary/aromatic N) is 2. The Morgan fingerprint density at radius 1 is 1.27 bits per heavy atom. The number of thiophene rings is 1. The molecule has 0 aliphatic carbocycles. The largest absolute Gasteiger partial charge is 0.341 e. The zero-order valence-corrected chi connectivity index (χ0v) is 13.3. The van der Waals surface area contributed by atoms with E-state index < -0.39 is 17.6 Å². The fraction of sp³-hybridized carbons (Fsp3) is 0.312. The number of likely N-dealkylation sites (tertiary alicyclic amines) is 1. The van der Waals surface area contributed by atoms with Crippen LogP contribution in [0.2, 0.25) is 5.02 Å². The van der Waals surface area contributed by atoms with Crippen LogP contribution in [0, 0.1) is 17.2 Å². The minimum absolute atomic E-state index is 0.293. The quantitative estimate of drug-likeness (QED) is 0.638. The first-order chi connectivity index (χ1) is 10.6. The molecule has 4 nitrogen and oxygen atoms in total. The molecule has 2 heterocycles. The highest BCUT2D eigenvalue weighted by molar-refractivity contribution is 7.21. The van der Waals surface area contributed by atoms with Gasteiger partial charge >= 0.3 is 0 Å². The smallest absolute Gasteiger partial charge is 0.247 e. The molecule has 1 fully saturated rings. The molecule has 1 aliphatic rings. The van der Waals surface area contributed by atoms with Crippen molar-refractivity contribution in [1.82, 2.24) is 4.90 Å². The molecule has 0 spiro atoms. The molecule has 6 heteroatoms. The second kappa shape index (κ2) is 6.07. The second-order valence-corrected chi connectivity index (χ2v) is 6.63. The molecule has 1 aromatic heterocycles. The number of hydrogen-bond acceptors (Lipinski definition) is 4. The maximum atomic E-state index is 12.6. The number of Topliss-reactive ketones (excluding diaryl/α,β-unsaturated/α-hetero) is 1. The van der Waals surface area contributed by atoms with E-state index in [1.807, 2.05) is 30.3 Å². The summed E-state index contributed by atoms with van der Waals surface area (Å²) in [5.41, 5.74) is 0. The number of benzene rings is 1. The lowest BCUT2D eigenvalue weighted by atomic mass is 10.0. The van der Waals surface area contributed by atoms with Crippen molar-refractivity contribution in [3.8, 4) is 6.07 Å². The van der Waals surface area contributed by atoms with E-state index in [1.54, 1.807) is 4.90 Å². The Kier molecular flexibility index (Phi) is 4.14. The summed E-state index contributed by atoms with van der Waals surface area (Å²) in [4.78, 5) is 26.9. The van der Waals surface area contributed by atoms with Gasteiger partial charge in [0.2, 0.25) is 11.7 Å². The van der Waals surface area contributed by atoms with E-state index in [4.69, 9.17) is 11.6 Å². The summed E-state index contributed by atoms with van der Waals surface area (Å²) < 4.78 is 0.876. The highest BCUT2D eigenvalue weighted by atomic mass is 35.5. The third-order valence-corrected chi connectivity index (χ3v) is 5.50. The number of amides is 1. The summed E-state index contributed by atoms with van der Waals surface area (Å²) in [6, 6.07) is 9.25. The fourth-order valence-electron chi connectivity index (χ4n) is 2.65. The number of nitriles is 1. The number of rotatable bonds is 3. The van der Waals surface area contributed by atoms with Gasteiger partial charge in [0, 0.05) is 23.2 Å². The zero-order valence-electron chi connectivity index (χ0n) is 11.7. The third-order valence-electron chi connectivity index (χ3n) is 3.81. The minimum atomic E-state index is -1.30. The highest BCUT2D eigenvalue weighted by Gasteiger charge is 2.34. The van der Waals surface area contributed by atoms with Gasteiger partial charge in [0.05, 0.1) is 16.0 Å². The maximum absolute atomic E-state index is 12.6. The maximum Gasteiger partial charge on any atom is 0.247 e. The molecule has 1 saturated heterocycles. The topological polar surface area (TPSA) is 61.2 Å². The predicted molar refractivity (Wildman–Crippen MR) is 86.1 cm³/mol. The van der Waals surface area contributed by atoms with Gasteiger partial charge in [0.1, 0.15) is 0 Å². The van der Waals surface area contributed by atoms with Crippen molar-refractivity contribution in [2.75, 3.05) is 13.1 Å². The van der Waals surface area contributed by atoms with Crippen molar-refractivity contribution >= 4 is 44.7 Å². The van der Waals surface area contributed by atoms with Crippen molar-refractivity contribution in [1.29, 1.82) is 5.26 Å². The van der Waals surface area contributed by atoms with Gasteiger partial charge in [0.25, 0.3) is 0 Å².